The Bertz CT molecular complexity index is 842. The zero-order chi connectivity index (χ0) is 35.9. The Kier molecular flexibility index (Phi) is 26.2. The van der Waals surface area contributed by atoms with Crippen molar-refractivity contribution in [2.75, 3.05) is 19.8 Å². The van der Waals surface area contributed by atoms with Gasteiger partial charge in [-0.2, -0.15) is 0 Å². The van der Waals surface area contributed by atoms with Crippen LogP contribution in [0.1, 0.15) is 238 Å². The highest BCUT2D eigenvalue weighted by Crippen LogP contribution is 2.37. The number of urea groups is 1. The van der Waals surface area contributed by atoms with Gasteiger partial charge >= 0.3 is 6.03 Å². The van der Waals surface area contributed by atoms with E-state index >= 15 is 0 Å². The monoisotopic (exact) mass is 717 g/mol. The summed E-state index contributed by atoms with van der Waals surface area (Å²) < 4.78 is 12.6. The molecule has 2 N–H and O–H groups in total. The summed E-state index contributed by atoms with van der Waals surface area (Å²) in [5.41, 5.74) is -0.113. The fraction of sp³-hybridized carbons (Fsp3) is 0.956. The molecule has 3 bridgehead atoms. The quantitative estimate of drug-likeness (QED) is 0.262. The molecule has 1 atom stereocenters. The molecule has 4 aliphatic rings. The van der Waals surface area contributed by atoms with E-state index in [0.29, 0.717) is 13.2 Å². The SMILES string of the molecule is O=C1NC(=O)C2CCCCCCCCCCCCCCCCCCCCCCCCCCCCCCOCCOC3(CCCC2)CCC(CC3)N1. The van der Waals surface area contributed by atoms with Crippen LogP contribution >= 0.6 is 0 Å². The van der Waals surface area contributed by atoms with Crippen molar-refractivity contribution in [3.8, 4) is 0 Å². The fourth-order valence-corrected chi connectivity index (χ4v) is 9.04. The second-order valence-electron chi connectivity index (χ2n) is 17.0. The number of hydrogen-bond donors (Lipinski definition) is 2. The standard InChI is InChI=1S/C45H84N2O4/c48-43-41-31-27-25-23-21-19-17-15-13-11-9-7-5-3-1-2-4-6-8-10-12-14-16-18-20-22-24-26-30-38-50-39-40-51-45(35-29-28-32-41)36-33-42(34-37-45)46-44(49)47-43/h41-42H,1-40H2,(H2,46,47,48,49). The number of ether oxygens (including phenoxy) is 2. The molecule has 1 spiro atoms. The first-order valence-electron chi connectivity index (χ1n) is 23.0. The normalized spacial score (nSPS) is 29.9. The minimum atomic E-state index is -0.308. The lowest BCUT2D eigenvalue weighted by Crippen LogP contribution is -2.49. The minimum Gasteiger partial charge on any atom is -0.379 e. The van der Waals surface area contributed by atoms with E-state index in [1.54, 1.807) is 0 Å². The number of imide groups is 1. The van der Waals surface area contributed by atoms with E-state index in [1.165, 1.54) is 167 Å². The Hall–Kier alpha value is -1.14. The first kappa shape index (κ1) is 44.3. The Labute approximate surface area is 315 Å². The van der Waals surface area contributed by atoms with Crippen LogP contribution in [0, 0.1) is 5.92 Å². The van der Waals surface area contributed by atoms with Crippen LogP contribution in [-0.4, -0.2) is 43.4 Å². The third-order valence-electron chi connectivity index (χ3n) is 12.5. The molecule has 3 heterocycles. The van der Waals surface area contributed by atoms with Crippen LogP contribution in [0.4, 0.5) is 4.79 Å². The van der Waals surface area contributed by atoms with Crippen LogP contribution in [0.5, 0.6) is 0 Å². The Morgan fingerprint density at radius 3 is 1.25 bits per heavy atom. The third-order valence-corrected chi connectivity index (χ3v) is 12.5. The van der Waals surface area contributed by atoms with Crippen molar-refractivity contribution < 1.29 is 19.1 Å². The number of fused-ring (bicyclic) bond motifs is 5. The predicted molar refractivity (Wildman–Crippen MR) is 214 cm³/mol. The van der Waals surface area contributed by atoms with Crippen LogP contribution in [-0.2, 0) is 14.3 Å². The van der Waals surface area contributed by atoms with E-state index in [9.17, 15) is 9.59 Å². The molecule has 1 saturated carbocycles. The molecule has 51 heavy (non-hydrogen) atoms. The highest BCUT2D eigenvalue weighted by atomic mass is 16.5. The third kappa shape index (κ3) is 22.6. The van der Waals surface area contributed by atoms with Gasteiger partial charge in [0.05, 0.1) is 18.8 Å². The van der Waals surface area contributed by atoms with Crippen molar-refractivity contribution in [3.05, 3.63) is 0 Å². The molecule has 3 amide bonds. The van der Waals surface area contributed by atoms with Gasteiger partial charge in [0.25, 0.3) is 0 Å². The summed E-state index contributed by atoms with van der Waals surface area (Å²) >= 11 is 0. The number of hydrogen-bond acceptors (Lipinski definition) is 4. The lowest BCUT2D eigenvalue weighted by Gasteiger charge is -2.40. The molecule has 0 aromatic rings. The van der Waals surface area contributed by atoms with Gasteiger partial charge in [-0.05, 0) is 51.4 Å². The molecule has 4 rings (SSSR count). The molecule has 6 heteroatoms. The van der Waals surface area contributed by atoms with Gasteiger partial charge < -0.3 is 14.8 Å². The van der Waals surface area contributed by atoms with Gasteiger partial charge in [0.15, 0.2) is 0 Å². The summed E-state index contributed by atoms with van der Waals surface area (Å²) in [6.07, 6.45) is 47.2. The Morgan fingerprint density at radius 1 is 0.412 bits per heavy atom. The van der Waals surface area contributed by atoms with Crippen LogP contribution < -0.4 is 10.6 Å². The molecule has 4 fully saturated rings. The van der Waals surface area contributed by atoms with E-state index in [-0.39, 0.29) is 29.5 Å². The fourth-order valence-electron chi connectivity index (χ4n) is 9.04. The second kappa shape index (κ2) is 30.2. The zero-order valence-electron chi connectivity index (χ0n) is 33.6. The van der Waals surface area contributed by atoms with E-state index < -0.39 is 0 Å². The number of carbonyl (C=O) groups is 2. The Balaban J connectivity index is 1.37. The summed E-state index contributed by atoms with van der Waals surface area (Å²) in [7, 11) is 0. The molecule has 298 valence electrons. The highest BCUT2D eigenvalue weighted by Gasteiger charge is 2.37. The summed E-state index contributed by atoms with van der Waals surface area (Å²) in [6, 6.07) is -0.193. The predicted octanol–water partition coefficient (Wildman–Crippen LogP) is 13.0. The maximum Gasteiger partial charge on any atom is 0.321 e. The molecule has 3 saturated heterocycles. The van der Waals surface area contributed by atoms with Crippen LogP contribution in [0.25, 0.3) is 0 Å². The number of carbonyl (C=O) groups excluding carboxylic acids is 2. The average molecular weight is 717 g/mol. The number of rotatable bonds is 0. The van der Waals surface area contributed by atoms with E-state index in [2.05, 4.69) is 10.6 Å². The van der Waals surface area contributed by atoms with Crippen LogP contribution in [0.2, 0.25) is 0 Å². The minimum absolute atomic E-state index is 0.0700. The molecule has 6 nitrogen and oxygen atoms in total. The molecule has 1 aliphatic carbocycles. The van der Waals surface area contributed by atoms with Crippen molar-refractivity contribution >= 4 is 11.9 Å². The van der Waals surface area contributed by atoms with Crippen molar-refractivity contribution in [2.24, 2.45) is 5.92 Å². The first-order valence-corrected chi connectivity index (χ1v) is 23.0. The zero-order valence-corrected chi connectivity index (χ0v) is 33.6. The number of nitrogens with one attached hydrogen (secondary N) is 2. The van der Waals surface area contributed by atoms with Crippen molar-refractivity contribution in [1.82, 2.24) is 10.6 Å². The largest absolute Gasteiger partial charge is 0.379 e. The molecule has 1 unspecified atom stereocenters. The van der Waals surface area contributed by atoms with Gasteiger partial charge in [-0.25, -0.2) is 4.79 Å². The van der Waals surface area contributed by atoms with Gasteiger partial charge in [0.1, 0.15) is 0 Å². The van der Waals surface area contributed by atoms with Crippen molar-refractivity contribution in [3.63, 3.8) is 0 Å². The molecule has 3 aliphatic heterocycles. The molecule has 0 radical (unpaired) electrons. The van der Waals surface area contributed by atoms with E-state index in [0.717, 1.165) is 77.2 Å². The topological polar surface area (TPSA) is 76.7 Å². The summed E-state index contributed by atoms with van der Waals surface area (Å²) in [6.45, 7) is 2.16. The van der Waals surface area contributed by atoms with Crippen LogP contribution in [0.15, 0.2) is 0 Å². The van der Waals surface area contributed by atoms with Crippen molar-refractivity contribution in [1.29, 1.82) is 0 Å². The highest BCUT2D eigenvalue weighted by molar-refractivity contribution is 5.95. The van der Waals surface area contributed by atoms with Gasteiger partial charge in [-0.3, -0.25) is 10.1 Å². The maximum absolute atomic E-state index is 13.1. The van der Waals surface area contributed by atoms with Gasteiger partial charge in [0.2, 0.25) is 5.91 Å². The second-order valence-corrected chi connectivity index (χ2v) is 17.0. The summed E-state index contributed by atoms with van der Waals surface area (Å²) in [5.74, 6) is -0.144. The van der Waals surface area contributed by atoms with Gasteiger partial charge in [0, 0.05) is 18.6 Å². The molecular formula is C45H84N2O4. The average Bonchev–Trinajstić information content (AvgIpc) is 3.14. The number of amides is 3. The maximum atomic E-state index is 13.1. The van der Waals surface area contributed by atoms with Gasteiger partial charge in [-0.15, -0.1) is 0 Å². The molecule has 0 aromatic heterocycles. The molecular weight excluding hydrogens is 633 g/mol. The van der Waals surface area contributed by atoms with E-state index in [1.807, 2.05) is 0 Å². The van der Waals surface area contributed by atoms with Gasteiger partial charge in [-0.1, -0.05) is 186 Å². The van der Waals surface area contributed by atoms with Crippen molar-refractivity contribution in [2.45, 2.75) is 249 Å². The molecule has 0 aromatic carbocycles. The van der Waals surface area contributed by atoms with Crippen LogP contribution in [0.3, 0.4) is 0 Å². The summed E-state index contributed by atoms with van der Waals surface area (Å²) in [4.78, 5) is 25.9. The first-order chi connectivity index (χ1) is 25.2. The van der Waals surface area contributed by atoms with E-state index in [4.69, 9.17) is 9.47 Å². The lowest BCUT2D eigenvalue weighted by atomic mass is 9.78. The lowest BCUT2D eigenvalue weighted by molar-refractivity contribution is -0.124. The Morgan fingerprint density at radius 2 is 0.804 bits per heavy atom. The summed E-state index contributed by atoms with van der Waals surface area (Å²) in [5, 5.41) is 5.82. The smallest absolute Gasteiger partial charge is 0.321 e.